The number of aliphatic hydroxyl groups excluding tert-OH is 2. The first kappa shape index (κ1) is 38.9. The molecule has 0 aliphatic rings. The van der Waals surface area contributed by atoms with E-state index in [1.165, 1.54) is 38.0 Å². The molecule has 55 heavy (non-hydrogen) atoms. The van der Waals surface area contributed by atoms with Crippen LogP contribution in [0.25, 0.3) is 10.8 Å². The number of rotatable bonds is 17. The zero-order valence-electron chi connectivity index (χ0n) is 31.5. The third-order valence-corrected chi connectivity index (χ3v) is 10.9. The molecule has 0 bridgehead atoms. The fraction of sp³-hybridized carbons (Fsp3) is 0.283. The van der Waals surface area contributed by atoms with Crippen molar-refractivity contribution in [2.24, 2.45) is 5.92 Å². The van der Waals surface area contributed by atoms with Gasteiger partial charge in [0.1, 0.15) is 11.5 Å². The number of H-pyrrole nitrogens is 1. The number of aromatic amines is 1. The van der Waals surface area contributed by atoms with Crippen LogP contribution >= 0.6 is 0 Å². The van der Waals surface area contributed by atoms with Gasteiger partial charge in [0.2, 0.25) is 0 Å². The molecule has 0 radical (unpaired) electrons. The van der Waals surface area contributed by atoms with E-state index in [2.05, 4.69) is 36.2 Å². The minimum atomic E-state index is -1.54. The highest BCUT2D eigenvalue weighted by molar-refractivity contribution is 5.91. The number of nitrogens with one attached hydrogen (secondary N) is 1. The van der Waals surface area contributed by atoms with Crippen LogP contribution < -0.4 is 9.47 Å². The summed E-state index contributed by atoms with van der Waals surface area (Å²) in [5.74, 6) is -0.416. The number of fused-ring (bicyclic) bond motifs is 1. The van der Waals surface area contributed by atoms with Gasteiger partial charge in [-0.25, -0.2) is 0 Å². The maximum atomic E-state index is 14.7. The van der Waals surface area contributed by atoms with Crippen molar-refractivity contribution in [2.45, 2.75) is 57.0 Å². The minimum absolute atomic E-state index is 0.0156. The Morgan fingerprint density at radius 3 is 2.29 bits per heavy atom. The molecule has 0 saturated carbocycles. The van der Waals surface area contributed by atoms with Crippen LogP contribution in [-0.2, 0) is 42.3 Å². The first-order chi connectivity index (χ1) is 26.6. The summed E-state index contributed by atoms with van der Waals surface area (Å²) in [6.45, 7) is 1.52. The number of carbonyl (C=O) groups is 1. The van der Waals surface area contributed by atoms with E-state index in [9.17, 15) is 30.3 Å². The molecule has 6 N–H and O–H groups in total. The van der Waals surface area contributed by atoms with Gasteiger partial charge in [0.05, 0.1) is 32.3 Å². The van der Waals surface area contributed by atoms with Crippen molar-refractivity contribution in [3.05, 3.63) is 148 Å². The summed E-state index contributed by atoms with van der Waals surface area (Å²) < 4.78 is 11.2. The number of phenols is 3. The first-order valence-corrected chi connectivity index (χ1v) is 18.6. The summed E-state index contributed by atoms with van der Waals surface area (Å²) in [4.78, 5) is 17.8. The minimum Gasteiger partial charge on any atom is -0.508 e. The second kappa shape index (κ2) is 17.1. The van der Waals surface area contributed by atoms with Gasteiger partial charge in [-0.15, -0.1) is 0 Å². The van der Waals surface area contributed by atoms with Gasteiger partial charge >= 0.3 is 0 Å². The van der Waals surface area contributed by atoms with Crippen molar-refractivity contribution in [3.8, 4) is 28.7 Å². The van der Waals surface area contributed by atoms with E-state index >= 15 is 0 Å². The maximum absolute atomic E-state index is 14.7. The van der Waals surface area contributed by atoms with Gasteiger partial charge in [-0.05, 0) is 112 Å². The highest BCUT2D eigenvalue weighted by Gasteiger charge is 2.42. The Hall–Kier alpha value is -5.77. The molecule has 3 atom stereocenters. The predicted molar refractivity (Wildman–Crippen MR) is 213 cm³/mol. The van der Waals surface area contributed by atoms with E-state index in [1.54, 1.807) is 30.3 Å². The fourth-order valence-corrected chi connectivity index (χ4v) is 7.91. The zero-order valence-corrected chi connectivity index (χ0v) is 31.5. The molecule has 9 nitrogen and oxygen atoms in total. The lowest BCUT2D eigenvalue weighted by molar-refractivity contribution is -0.129. The zero-order chi connectivity index (χ0) is 39.1. The fourth-order valence-electron chi connectivity index (χ4n) is 7.91. The van der Waals surface area contributed by atoms with E-state index in [0.29, 0.717) is 36.1 Å². The number of aliphatic hydroxyl groups is 2. The van der Waals surface area contributed by atoms with E-state index < -0.39 is 29.8 Å². The van der Waals surface area contributed by atoms with Gasteiger partial charge in [0.15, 0.2) is 23.0 Å². The molecule has 0 unspecified atom stereocenters. The van der Waals surface area contributed by atoms with Gasteiger partial charge in [0.25, 0.3) is 0 Å². The Bertz CT molecular complexity index is 2250. The lowest BCUT2D eigenvalue weighted by atomic mass is 9.70. The number of carbonyl (C=O) groups excluding carboxylic acids is 1. The third-order valence-electron chi connectivity index (χ3n) is 10.9. The lowest BCUT2D eigenvalue weighted by Gasteiger charge is -2.34. The van der Waals surface area contributed by atoms with Crippen LogP contribution in [0, 0.1) is 5.92 Å². The topological polar surface area (TPSA) is 152 Å². The monoisotopic (exact) mass is 743 g/mol. The van der Waals surface area contributed by atoms with Crippen LogP contribution in [-0.4, -0.2) is 63.2 Å². The average Bonchev–Trinajstić information content (AvgIpc) is 3.71. The number of Topliss-reactive ketones (excluding diaryl/α,β-unsaturated/α-hetero) is 1. The van der Waals surface area contributed by atoms with Crippen molar-refractivity contribution in [2.75, 3.05) is 20.8 Å². The molecule has 0 amide bonds. The standard InChI is InChI=1S/C46H49NO8/c1-4-31-13-14-32-8-5-6-11-37(32)38(31)24-39-33(15-17-41(51)45(39)55-3)22-34(20-30-18-19-47-27-30)42(52)25-44(53)46(28-48,35-9-7-10-36(49)23-35)26-29-12-16-40(50)43(21-29)54-2/h5-19,21,23,27,34,42,47-52H,4,20,22,24-26,28H2,1-3H3/t34-,42+,46-/m0/s1. The van der Waals surface area contributed by atoms with E-state index in [1.807, 2.05) is 36.7 Å². The van der Waals surface area contributed by atoms with Crippen LogP contribution in [0.3, 0.4) is 0 Å². The number of hydrogen-bond acceptors (Lipinski definition) is 8. The van der Waals surface area contributed by atoms with E-state index in [-0.39, 0.29) is 35.8 Å². The highest BCUT2D eigenvalue weighted by Crippen LogP contribution is 2.40. The maximum Gasteiger partial charge on any atom is 0.164 e. The summed E-state index contributed by atoms with van der Waals surface area (Å²) in [6.07, 6.45) is 4.32. The normalized spacial score (nSPS) is 13.6. The van der Waals surface area contributed by atoms with Crippen molar-refractivity contribution in [3.63, 3.8) is 0 Å². The Morgan fingerprint density at radius 2 is 1.58 bits per heavy atom. The third kappa shape index (κ3) is 8.33. The molecule has 0 fully saturated rings. The van der Waals surface area contributed by atoms with Gasteiger partial charge in [-0.1, -0.05) is 67.6 Å². The van der Waals surface area contributed by atoms with Crippen LogP contribution in [0.4, 0.5) is 0 Å². The SMILES string of the molecule is CCc1ccc2ccccc2c1Cc1c(C[C@H](Cc2cc[nH]c2)[C@H](O)CC(=O)[C@](CO)(Cc2ccc(O)c(OC)c2)c2cccc(O)c2)ccc(O)c1OC. The van der Waals surface area contributed by atoms with Gasteiger partial charge < -0.3 is 40.0 Å². The summed E-state index contributed by atoms with van der Waals surface area (Å²) in [5, 5.41) is 57.3. The molecule has 5 aromatic carbocycles. The molecule has 9 heteroatoms. The summed E-state index contributed by atoms with van der Waals surface area (Å²) in [6, 6.07) is 28.9. The van der Waals surface area contributed by atoms with Crippen molar-refractivity contribution >= 4 is 16.6 Å². The number of ether oxygens (including phenoxy) is 2. The van der Waals surface area contributed by atoms with Crippen molar-refractivity contribution < 1.29 is 39.8 Å². The number of aromatic hydroxyl groups is 3. The van der Waals surface area contributed by atoms with Crippen molar-refractivity contribution in [1.29, 1.82) is 0 Å². The number of phenolic OH excluding ortho intramolecular Hbond substituents is 3. The molecular formula is C46H49NO8. The van der Waals surface area contributed by atoms with E-state index in [0.717, 1.165) is 39.4 Å². The molecule has 6 aromatic rings. The summed E-state index contributed by atoms with van der Waals surface area (Å²) in [7, 11) is 2.97. The molecule has 0 aliphatic carbocycles. The highest BCUT2D eigenvalue weighted by atomic mass is 16.5. The lowest BCUT2D eigenvalue weighted by Crippen LogP contribution is -2.44. The summed E-state index contributed by atoms with van der Waals surface area (Å²) in [5.41, 5.74) is 4.40. The Balaban J connectivity index is 1.39. The molecule has 1 heterocycles. The van der Waals surface area contributed by atoms with Crippen LogP contribution in [0.2, 0.25) is 0 Å². The number of ketones is 1. The number of aryl methyl sites for hydroxylation is 1. The van der Waals surface area contributed by atoms with Crippen LogP contribution in [0.1, 0.15) is 52.3 Å². The van der Waals surface area contributed by atoms with E-state index in [4.69, 9.17) is 9.47 Å². The predicted octanol–water partition coefficient (Wildman–Crippen LogP) is 7.35. The molecule has 286 valence electrons. The first-order valence-electron chi connectivity index (χ1n) is 18.6. The van der Waals surface area contributed by atoms with Gasteiger partial charge in [0, 0.05) is 30.8 Å². The Morgan fingerprint density at radius 1 is 0.800 bits per heavy atom. The number of aromatic nitrogens is 1. The second-order valence-corrected chi connectivity index (χ2v) is 14.3. The van der Waals surface area contributed by atoms with Crippen LogP contribution in [0.5, 0.6) is 28.7 Å². The van der Waals surface area contributed by atoms with Gasteiger partial charge in [-0.2, -0.15) is 0 Å². The smallest absolute Gasteiger partial charge is 0.164 e. The quantitative estimate of drug-likeness (QED) is 0.0568. The molecule has 1 aromatic heterocycles. The number of hydrogen-bond donors (Lipinski definition) is 6. The molecule has 6 rings (SSSR count). The van der Waals surface area contributed by atoms with Gasteiger partial charge in [-0.3, -0.25) is 4.79 Å². The second-order valence-electron chi connectivity index (χ2n) is 14.3. The van der Waals surface area contributed by atoms with Crippen molar-refractivity contribution in [1.82, 2.24) is 4.98 Å². The average molecular weight is 744 g/mol. The molecule has 0 spiro atoms. The summed E-state index contributed by atoms with van der Waals surface area (Å²) >= 11 is 0. The number of benzene rings is 5. The molecular weight excluding hydrogens is 695 g/mol. The Kier molecular flexibility index (Phi) is 12.1. The Labute approximate surface area is 321 Å². The number of methoxy groups -OCH3 is 2. The van der Waals surface area contributed by atoms with Crippen LogP contribution in [0.15, 0.2) is 109 Å². The molecule has 0 aliphatic heterocycles. The largest absolute Gasteiger partial charge is 0.508 e. The molecule has 0 saturated heterocycles.